The second-order valence-corrected chi connectivity index (χ2v) is 6.29. The number of amides is 1. The van der Waals surface area contributed by atoms with Gasteiger partial charge in [-0.2, -0.15) is 0 Å². The van der Waals surface area contributed by atoms with E-state index in [1.54, 1.807) is 18.2 Å². The van der Waals surface area contributed by atoms with Gasteiger partial charge < -0.3 is 5.32 Å². The van der Waals surface area contributed by atoms with Crippen LogP contribution in [0.2, 0.25) is 0 Å². The van der Waals surface area contributed by atoms with Crippen LogP contribution in [0.1, 0.15) is 5.56 Å². The van der Waals surface area contributed by atoms with E-state index in [9.17, 15) is 14.9 Å². The molecule has 0 atom stereocenters. The number of carbonyl (C=O) groups excluding carboxylic acids is 1. The van der Waals surface area contributed by atoms with Crippen LogP contribution in [-0.2, 0) is 4.79 Å². The minimum atomic E-state index is -0.477. The van der Waals surface area contributed by atoms with Crippen LogP contribution >= 0.6 is 34.8 Å². The number of nitrogens with zero attached hydrogens (tertiary/aromatic N) is 1. The van der Waals surface area contributed by atoms with Gasteiger partial charge in [-0.1, -0.05) is 0 Å². The fourth-order valence-electron chi connectivity index (χ4n) is 1.73. The number of nitro benzene ring substituents is 1. The highest BCUT2D eigenvalue weighted by Gasteiger charge is 2.04. The van der Waals surface area contributed by atoms with Crippen LogP contribution in [0.25, 0.3) is 6.08 Å². The second-order valence-electron chi connectivity index (χ2n) is 4.63. The van der Waals surface area contributed by atoms with Crippen LogP contribution < -0.4 is 10.6 Å². The van der Waals surface area contributed by atoms with Gasteiger partial charge in [0.05, 0.1) is 4.92 Å². The Kier molecular flexibility index (Phi) is 6.38. The molecule has 2 aromatic rings. The topological polar surface area (TPSA) is 84.3 Å². The SMILES string of the molecule is O=C(/C=C/c1ccc([N+](=O)[O-])cc1)NC(=S)Nc1ccc(I)cc1. The number of rotatable bonds is 4. The van der Waals surface area contributed by atoms with E-state index in [0.29, 0.717) is 5.56 Å². The number of hydrogen-bond acceptors (Lipinski definition) is 4. The molecule has 6 nitrogen and oxygen atoms in total. The first-order valence-electron chi connectivity index (χ1n) is 6.74. The first-order valence-corrected chi connectivity index (χ1v) is 8.23. The maximum absolute atomic E-state index is 11.8. The fraction of sp³-hybridized carbons (Fsp3) is 0. The Morgan fingerprint density at radius 2 is 1.75 bits per heavy atom. The molecule has 0 spiro atoms. The molecule has 0 heterocycles. The predicted molar refractivity (Wildman–Crippen MR) is 106 cm³/mol. The molecule has 0 fully saturated rings. The van der Waals surface area contributed by atoms with Gasteiger partial charge in [0, 0.05) is 27.5 Å². The lowest BCUT2D eigenvalue weighted by atomic mass is 10.2. The molecule has 0 saturated heterocycles. The third-order valence-electron chi connectivity index (χ3n) is 2.87. The summed E-state index contributed by atoms with van der Waals surface area (Å²) in [5.41, 5.74) is 1.45. The molecular weight excluding hydrogens is 441 g/mol. The van der Waals surface area contributed by atoms with Crippen molar-refractivity contribution in [2.24, 2.45) is 0 Å². The summed E-state index contributed by atoms with van der Waals surface area (Å²) < 4.78 is 1.10. The Balaban J connectivity index is 1.88. The van der Waals surface area contributed by atoms with E-state index in [4.69, 9.17) is 12.2 Å². The van der Waals surface area contributed by atoms with E-state index < -0.39 is 10.8 Å². The molecule has 8 heteroatoms. The van der Waals surface area contributed by atoms with Crippen molar-refractivity contribution in [3.8, 4) is 0 Å². The van der Waals surface area contributed by atoms with E-state index in [1.807, 2.05) is 24.3 Å². The lowest BCUT2D eigenvalue weighted by Crippen LogP contribution is -2.32. The van der Waals surface area contributed by atoms with Gasteiger partial charge >= 0.3 is 0 Å². The summed E-state index contributed by atoms with van der Waals surface area (Å²) in [7, 11) is 0. The molecule has 1 amide bonds. The molecule has 0 aliphatic carbocycles. The van der Waals surface area contributed by atoms with Crippen LogP contribution in [-0.4, -0.2) is 15.9 Å². The maximum atomic E-state index is 11.8. The largest absolute Gasteiger partial charge is 0.332 e. The van der Waals surface area contributed by atoms with Crippen molar-refractivity contribution in [3.63, 3.8) is 0 Å². The van der Waals surface area contributed by atoms with E-state index >= 15 is 0 Å². The molecule has 0 aliphatic rings. The van der Waals surface area contributed by atoms with Crippen molar-refractivity contribution in [3.05, 3.63) is 73.9 Å². The third kappa shape index (κ3) is 5.70. The molecule has 2 rings (SSSR count). The number of benzene rings is 2. The van der Waals surface area contributed by atoms with Crippen LogP contribution in [0.5, 0.6) is 0 Å². The van der Waals surface area contributed by atoms with Crippen molar-refractivity contribution in [1.82, 2.24) is 5.32 Å². The number of carbonyl (C=O) groups is 1. The summed E-state index contributed by atoms with van der Waals surface area (Å²) in [6.45, 7) is 0. The fourth-order valence-corrected chi connectivity index (χ4v) is 2.31. The van der Waals surface area contributed by atoms with Crippen molar-refractivity contribution < 1.29 is 9.72 Å². The van der Waals surface area contributed by atoms with Crippen LogP contribution in [0, 0.1) is 13.7 Å². The average molecular weight is 453 g/mol. The first-order chi connectivity index (χ1) is 11.4. The smallest absolute Gasteiger partial charge is 0.269 e. The Bertz CT molecular complexity index is 789. The predicted octanol–water partition coefficient (Wildman–Crippen LogP) is 3.73. The minimum Gasteiger partial charge on any atom is -0.332 e. The average Bonchev–Trinajstić information content (AvgIpc) is 2.55. The number of nitrogens with one attached hydrogen (secondary N) is 2. The molecule has 122 valence electrons. The van der Waals surface area contributed by atoms with Gasteiger partial charge in [-0.05, 0) is 82.8 Å². The van der Waals surface area contributed by atoms with Crippen LogP contribution in [0.4, 0.5) is 11.4 Å². The number of non-ortho nitro benzene ring substituents is 1. The Morgan fingerprint density at radius 1 is 1.12 bits per heavy atom. The summed E-state index contributed by atoms with van der Waals surface area (Å²) in [5, 5.41) is 16.2. The van der Waals surface area contributed by atoms with Crippen molar-refractivity contribution >= 4 is 63.3 Å². The normalized spacial score (nSPS) is 10.4. The molecular formula is C16H12IN3O3S. The van der Waals surface area contributed by atoms with Gasteiger partial charge in [-0.15, -0.1) is 0 Å². The zero-order valence-electron chi connectivity index (χ0n) is 12.2. The highest BCUT2D eigenvalue weighted by molar-refractivity contribution is 14.1. The van der Waals surface area contributed by atoms with Gasteiger partial charge in [-0.25, -0.2) is 0 Å². The Morgan fingerprint density at radius 3 is 2.33 bits per heavy atom. The Hall–Kier alpha value is -2.33. The molecule has 0 radical (unpaired) electrons. The number of halogens is 1. The summed E-state index contributed by atoms with van der Waals surface area (Å²) in [6, 6.07) is 13.4. The number of thiocarbonyl (C=S) groups is 1. The molecule has 24 heavy (non-hydrogen) atoms. The van der Waals surface area contributed by atoms with E-state index in [0.717, 1.165) is 9.26 Å². The summed E-state index contributed by atoms with van der Waals surface area (Å²) >= 11 is 7.26. The molecule has 0 aromatic heterocycles. The summed E-state index contributed by atoms with van der Waals surface area (Å²) in [4.78, 5) is 21.9. The first kappa shape index (κ1) is 18.0. The summed E-state index contributed by atoms with van der Waals surface area (Å²) in [5.74, 6) is -0.392. The monoisotopic (exact) mass is 453 g/mol. The van der Waals surface area contributed by atoms with Crippen LogP contribution in [0.3, 0.4) is 0 Å². The molecule has 2 N–H and O–H groups in total. The Labute approximate surface area is 157 Å². The molecule has 2 aromatic carbocycles. The molecule has 0 unspecified atom stereocenters. The van der Waals surface area contributed by atoms with Crippen LogP contribution in [0.15, 0.2) is 54.6 Å². The quantitative estimate of drug-likeness (QED) is 0.242. The minimum absolute atomic E-state index is 0.000462. The van der Waals surface area contributed by atoms with Gasteiger partial charge in [0.25, 0.3) is 5.69 Å². The van der Waals surface area contributed by atoms with Gasteiger partial charge in [0.1, 0.15) is 0 Å². The van der Waals surface area contributed by atoms with Gasteiger partial charge in [0.15, 0.2) is 5.11 Å². The van der Waals surface area contributed by atoms with Crippen molar-refractivity contribution in [2.45, 2.75) is 0 Å². The zero-order valence-corrected chi connectivity index (χ0v) is 15.2. The number of anilines is 1. The van der Waals surface area contributed by atoms with E-state index in [2.05, 4.69) is 33.2 Å². The standard InChI is InChI=1S/C16H12IN3O3S/c17-12-4-6-13(7-5-12)18-16(24)19-15(21)10-3-11-1-8-14(9-2-11)20(22)23/h1-10H,(H2,18,19,21,24)/b10-3+. The summed E-state index contributed by atoms with van der Waals surface area (Å²) in [6.07, 6.45) is 2.86. The van der Waals surface area contributed by atoms with Crippen molar-refractivity contribution in [2.75, 3.05) is 5.32 Å². The number of nitro groups is 1. The second kappa shape index (κ2) is 8.50. The highest BCUT2D eigenvalue weighted by Crippen LogP contribution is 2.13. The highest BCUT2D eigenvalue weighted by atomic mass is 127. The van der Waals surface area contributed by atoms with E-state index in [1.165, 1.54) is 18.2 Å². The van der Waals surface area contributed by atoms with Crippen molar-refractivity contribution in [1.29, 1.82) is 0 Å². The molecule has 0 saturated carbocycles. The third-order valence-corrected chi connectivity index (χ3v) is 3.79. The molecule has 0 aliphatic heterocycles. The molecule has 0 bridgehead atoms. The lowest BCUT2D eigenvalue weighted by molar-refractivity contribution is -0.384. The lowest BCUT2D eigenvalue weighted by Gasteiger charge is -2.07. The van der Waals surface area contributed by atoms with E-state index in [-0.39, 0.29) is 10.8 Å². The van der Waals surface area contributed by atoms with Gasteiger partial charge in [-0.3, -0.25) is 20.2 Å². The number of hydrogen-bond donors (Lipinski definition) is 2. The zero-order chi connectivity index (χ0) is 17.5. The van der Waals surface area contributed by atoms with Gasteiger partial charge in [0.2, 0.25) is 5.91 Å². The maximum Gasteiger partial charge on any atom is 0.269 e.